The first-order valence-corrected chi connectivity index (χ1v) is 13.3. The van der Waals surface area contributed by atoms with Gasteiger partial charge < -0.3 is 14.5 Å². The third kappa shape index (κ3) is 5.97. The zero-order valence-corrected chi connectivity index (χ0v) is 20.3. The smallest absolute Gasteiger partial charge is 0.374 e. The van der Waals surface area contributed by atoms with Crippen molar-refractivity contribution in [1.82, 2.24) is 14.3 Å². The molecule has 11 heteroatoms. The number of morpholine rings is 1. The van der Waals surface area contributed by atoms with Crippen LogP contribution in [-0.4, -0.2) is 77.2 Å². The lowest BCUT2D eigenvalue weighted by Gasteiger charge is -2.46. The Morgan fingerprint density at radius 1 is 1.18 bits per heavy atom. The van der Waals surface area contributed by atoms with Gasteiger partial charge in [-0.25, -0.2) is 18.5 Å². The number of hydrogen-bond donors (Lipinski definition) is 0. The van der Waals surface area contributed by atoms with Gasteiger partial charge in [-0.2, -0.15) is 13.2 Å². The molecule has 7 nitrogen and oxygen atoms in total. The fourth-order valence-electron chi connectivity index (χ4n) is 5.45. The predicted octanol–water partition coefficient (Wildman–Crippen LogP) is 3.48. The van der Waals surface area contributed by atoms with Gasteiger partial charge >= 0.3 is 6.18 Å². The number of aromatic nitrogens is 2. The van der Waals surface area contributed by atoms with Gasteiger partial charge in [-0.15, -0.1) is 0 Å². The number of nitrogens with zero attached hydrogens (tertiary/aromatic N) is 5. The summed E-state index contributed by atoms with van der Waals surface area (Å²) in [6, 6.07) is 1.68. The summed E-state index contributed by atoms with van der Waals surface area (Å²) in [6.45, 7) is 3.31. The number of halogens is 3. The van der Waals surface area contributed by atoms with Crippen molar-refractivity contribution >= 4 is 22.6 Å². The van der Waals surface area contributed by atoms with Crippen LogP contribution in [0.25, 0.3) is 0 Å². The van der Waals surface area contributed by atoms with E-state index in [1.54, 1.807) is 24.3 Å². The molecule has 2 aliphatic heterocycles. The van der Waals surface area contributed by atoms with Crippen molar-refractivity contribution in [2.75, 3.05) is 62.4 Å². The molecule has 1 aromatic rings. The summed E-state index contributed by atoms with van der Waals surface area (Å²) in [5, 5.41) is 0. The Kier molecular flexibility index (Phi) is 7.50. The molecule has 0 bridgehead atoms. The van der Waals surface area contributed by atoms with Crippen molar-refractivity contribution in [3.05, 3.63) is 11.9 Å². The monoisotopic (exact) mass is 489 g/mol. The summed E-state index contributed by atoms with van der Waals surface area (Å²) >= 11 is 0. The molecule has 0 N–H and O–H groups in total. The summed E-state index contributed by atoms with van der Waals surface area (Å²) in [6.07, 6.45) is 4.76. The molecule has 0 aromatic carbocycles. The quantitative estimate of drug-likeness (QED) is 0.631. The number of alkyl halides is 3. The topological polar surface area (TPSA) is 61.8 Å². The number of rotatable bonds is 5. The normalized spacial score (nSPS) is 25.2. The zero-order chi connectivity index (χ0) is 23.6. The van der Waals surface area contributed by atoms with E-state index in [1.165, 1.54) is 19.3 Å². The first kappa shape index (κ1) is 24.7. The van der Waals surface area contributed by atoms with E-state index < -0.39 is 23.0 Å². The van der Waals surface area contributed by atoms with Gasteiger partial charge in [-0.3, -0.25) is 0 Å². The van der Waals surface area contributed by atoms with E-state index in [4.69, 9.17) is 4.74 Å². The molecular formula is C22H34F3N5O2S. The fourth-order valence-corrected chi connectivity index (χ4v) is 6.16. The molecule has 2 saturated heterocycles. The predicted molar refractivity (Wildman–Crippen MR) is 123 cm³/mol. The van der Waals surface area contributed by atoms with Gasteiger partial charge in [0.15, 0.2) is 0 Å². The van der Waals surface area contributed by atoms with Gasteiger partial charge in [0.2, 0.25) is 5.82 Å². The average Bonchev–Trinajstić information content (AvgIpc) is 2.79. The highest BCUT2D eigenvalue weighted by Gasteiger charge is 2.39. The second-order valence-corrected chi connectivity index (χ2v) is 11.0. The van der Waals surface area contributed by atoms with E-state index in [0.29, 0.717) is 38.6 Å². The maximum atomic E-state index is 13.7. The van der Waals surface area contributed by atoms with E-state index in [1.807, 2.05) is 9.21 Å². The molecule has 1 aliphatic carbocycles. The van der Waals surface area contributed by atoms with Gasteiger partial charge in [0.1, 0.15) is 11.6 Å². The average molecular weight is 490 g/mol. The molecule has 0 radical (unpaired) electrons. The maximum Gasteiger partial charge on any atom is 0.451 e. The van der Waals surface area contributed by atoms with Crippen LogP contribution in [0.1, 0.15) is 50.8 Å². The first-order chi connectivity index (χ1) is 15.7. The van der Waals surface area contributed by atoms with Crippen molar-refractivity contribution in [2.45, 2.75) is 57.2 Å². The highest BCUT2D eigenvalue weighted by Crippen LogP contribution is 2.44. The van der Waals surface area contributed by atoms with Gasteiger partial charge in [0.25, 0.3) is 0 Å². The SMILES string of the molecule is CN(CC1CN(S(C)=O)CCO1)c1cc(N2CCCC3(CCCCC3)C2)nc(C(F)(F)F)n1. The van der Waals surface area contributed by atoms with E-state index in [-0.39, 0.29) is 17.3 Å². The lowest BCUT2D eigenvalue weighted by atomic mass is 9.69. The third-order valence-corrected chi connectivity index (χ3v) is 8.24. The summed E-state index contributed by atoms with van der Waals surface area (Å²) in [4.78, 5) is 11.5. The molecule has 186 valence electrons. The molecule has 3 heterocycles. The second kappa shape index (κ2) is 10.0. The van der Waals surface area contributed by atoms with Crippen LogP contribution in [0.15, 0.2) is 6.07 Å². The Balaban J connectivity index is 1.55. The largest absolute Gasteiger partial charge is 0.451 e. The Morgan fingerprint density at radius 2 is 1.91 bits per heavy atom. The van der Waals surface area contributed by atoms with E-state index in [9.17, 15) is 17.4 Å². The second-order valence-electron chi connectivity index (χ2n) is 9.68. The third-order valence-electron chi connectivity index (χ3n) is 7.19. The number of hydrogen-bond acceptors (Lipinski definition) is 6. The van der Waals surface area contributed by atoms with Crippen LogP contribution in [-0.2, 0) is 21.9 Å². The first-order valence-electron chi connectivity index (χ1n) is 11.8. The Hall–Kier alpha value is -1.46. The maximum absolute atomic E-state index is 13.7. The number of likely N-dealkylation sites (N-methyl/N-ethyl adjacent to an activating group) is 1. The van der Waals surface area contributed by atoms with Crippen LogP contribution in [0.3, 0.4) is 0 Å². The minimum atomic E-state index is -4.62. The van der Waals surface area contributed by atoms with E-state index in [0.717, 1.165) is 32.2 Å². The molecule has 1 spiro atoms. The molecule has 0 amide bonds. The van der Waals surface area contributed by atoms with Crippen molar-refractivity contribution < 1.29 is 22.1 Å². The van der Waals surface area contributed by atoms with Crippen LogP contribution in [0.2, 0.25) is 0 Å². The Bertz CT molecular complexity index is 844. The number of ether oxygens (including phenoxy) is 1. The van der Waals surface area contributed by atoms with Crippen LogP contribution in [0.4, 0.5) is 24.8 Å². The van der Waals surface area contributed by atoms with Crippen molar-refractivity contribution in [3.63, 3.8) is 0 Å². The van der Waals surface area contributed by atoms with Crippen LogP contribution in [0, 0.1) is 5.41 Å². The molecule has 3 aliphatic rings. The molecule has 2 atom stereocenters. The number of anilines is 2. The van der Waals surface area contributed by atoms with Gasteiger partial charge in [0.05, 0.1) is 23.7 Å². The summed E-state index contributed by atoms with van der Waals surface area (Å²) in [7, 11) is 0.612. The summed E-state index contributed by atoms with van der Waals surface area (Å²) in [5.74, 6) is -0.524. The van der Waals surface area contributed by atoms with Gasteiger partial charge in [0, 0.05) is 52.1 Å². The van der Waals surface area contributed by atoms with Crippen LogP contribution < -0.4 is 9.80 Å². The fraction of sp³-hybridized carbons (Fsp3) is 0.818. The lowest BCUT2D eigenvalue weighted by molar-refractivity contribution is -0.144. The Morgan fingerprint density at radius 3 is 2.61 bits per heavy atom. The van der Waals surface area contributed by atoms with Crippen molar-refractivity contribution in [2.24, 2.45) is 5.41 Å². The Labute approximate surface area is 196 Å². The van der Waals surface area contributed by atoms with Gasteiger partial charge in [-0.1, -0.05) is 19.3 Å². The molecule has 33 heavy (non-hydrogen) atoms. The van der Waals surface area contributed by atoms with Crippen molar-refractivity contribution in [3.8, 4) is 0 Å². The summed E-state index contributed by atoms with van der Waals surface area (Å²) < 4.78 is 60.5. The van der Waals surface area contributed by atoms with Crippen LogP contribution >= 0.6 is 0 Å². The number of piperidine rings is 1. The summed E-state index contributed by atoms with van der Waals surface area (Å²) in [5.41, 5.74) is 0.196. The molecule has 4 rings (SSSR count). The van der Waals surface area contributed by atoms with E-state index in [2.05, 4.69) is 9.97 Å². The molecule has 3 fully saturated rings. The molecule has 2 unspecified atom stereocenters. The van der Waals surface area contributed by atoms with Crippen molar-refractivity contribution in [1.29, 1.82) is 0 Å². The highest BCUT2D eigenvalue weighted by atomic mass is 32.2. The highest BCUT2D eigenvalue weighted by molar-refractivity contribution is 7.81. The molecule has 1 saturated carbocycles. The zero-order valence-electron chi connectivity index (χ0n) is 19.4. The minimum Gasteiger partial charge on any atom is -0.374 e. The minimum absolute atomic E-state index is 0.196. The van der Waals surface area contributed by atoms with Crippen LogP contribution in [0.5, 0.6) is 0 Å². The molecule has 1 aromatic heterocycles. The standard InChI is InChI=1S/C22H34F3N5O2S/c1-28(14-17-15-30(33(2)31)11-12-32-17)18-13-19(27-20(26-18)22(23,24)25)29-10-6-9-21(16-29)7-4-3-5-8-21/h13,17H,3-12,14-16H2,1-2H3. The lowest BCUT2D eigenvalue weighted by Crippen LogP contribution is -2.47. The molecular weight excluding hydrogens is 455 g/mol. The van der Waals surface area contributed by atoms with E-state index >= 15 is 0 Å². The van der Waals surface area contributed by atoms with Gasteiger partial charge in [-0.05, 0) is 31.1 Å².